The summed E-state index contributed by atoms with van der Waals surface area (Å²) in [5.74, 6) is -0.587. The lowest BCUT2D eigenvalue weighted by Gasteiger charge is -2.11. The second-order valence-corrected chi connectivity index (χ2v) is 4.79. The summed E-state index contributed by atoms with van der Waals surface area (Å²) < 4.78 is 2.09. The Labute approximate surface area is 127 Å². The molecule has 0 bridgehead atoms. The summed E-state index contributed by atoms with van der Waals surface area (Å²) in [6.45, 7) is 5.83. The smallest absolute Gasteiger partial charge is 0.351 e. The van der Waals surface area contributed by atoms with E-state index in [1.165, 1.54) is 0 Å². The van der Waals surface area contributed by atoms with Crippen molar-refractivity contribution in [1.82, 2.24) is 19.7 Å². The van der Waals surface area contributed by atoms with Crippen molar-refractivity contribution < 1.29 is 4.79 Å². The molecule has 0 unspecified atom stereocenters. The quantitative estimate of drug-likeness (QED) is 0.889. The minimum atomic E-state index is -0.678. The first kappa shape index (κ1) is 15.7. The first-order chi connectivity index (χ1) is 10.5. The van der Waals surface area contributed by atoms with Gasteiger partial charge in [-0.1, -0.05) is 12.1 Å². The molecule has 1 N–H and O–H groups in total. The fourth-order valence-electron chi connectivity index (χ4n) is 2.11. The monoisotopic (exact) mass is 302 g/mol. The predicted octanol–water partition coefficient (Wildman–Crippen LogP) is 0.472. The van der Waals surface area contributed by atoms with Crippen LogP contribution in [0.5, 0.6) is 0 Å². The molecule has 1 heterocycles. The molecule has 0 atom stereocenters. The van der Waals surface area contributed by atoms with Crippen LogP contribution in [0.1, 0.15) is 29.9 Å². The van der Waals surface area contributed by atoms with E-state index in [1.54, 1.807) is 32.0 Å². The van der Waals surface area contributed by atoms with Gasteiger partial charge in [-0.05, 0) is 38.5 Å². The highest BCUT2D eigenvalue weighted by atomic mass is 16.2. The molecule has 0 radical (unpaired) electrons. The number of carbonyl (C=O) groups excluding carboxylic acids is 1. The van der Waals surface area contributed by atoms with Crippen LogP contribution in [0.4, 0.5) is 0 Å². The van der Waals surface area contributed by atoms with E-state index in [0.29, 0.717) is 12.2 Å². The zero-order valence-corrected chi connectivity index (χ0v) is 12.8. The number of aromatic nitrogens is 3. The van der Waals surface area contributed by atoms with Crippen molar-refractivity contribution in [3.8, 4) is 5.69 Å². The number of nitrogens with one attached hydrogen (secondary N) is 1. The van der Waals surface area contributed by atoms with Crippen LogP contribution < -0.4 is 16.6 Å². The minimum Gasteiger partial charge on any atom is -0.351 e. The number of rotatable bonds is 4. The Morgan fingerprint density at radius 1 is 1.27 bits per heavy atom. The summed E-state index contributed by atoms with van der Waals surface area (Å²) in [5, 5.41) is 6.50. The van der Waals surface area contributed by atoms with Gasteiger partial charge >= 0.3 is 5.69 Å². The van der Waals surface area contributed by atoms with E-state index in [9.17, 15) is 14.4 Å². The molecular formula is C15H18N4O3. The lowest BCUT2D eigenvalue weighted by molar-refractivity contribution is 0.0946. The van der Waals surface area contributed by atoms with Crippen LogP contribution in [0.15, 0.2) is 33.9 Å². The molecule has 2 rings (SSSR count). The molecule has 0 saturated heterocycles. The SMILES string of the molecule is CCNC(=O)c1nn(-c2cccc(C)c2)c(=O)n(CC)c1=O. The Kier molecular flexibility index (Phi) is 4.55. The molecule has 116 valence electrons. The highest BCUT2D eigenvalue weighted by molar-refractivity contribution is 5.91. The van der Waals surface area contributed by atoms with Gasteiger partial charge in [0, 0.05) is 13.1 Å². The standard InChI is InChI=1S/C15H18N4O3/c1-4-16-13(20)12-14(21)18(5-2)15(22)19(17-12)11-8-6-7-10(3)9-11/h6-9H,4-5H2,1-3H3,(H,16,20). The van der Waals surface area contributed by atoms with E-state index >= 15 is 0 Å². The third-order valence-corrected chi connectivity index (χ3v) is 3.17. The van der Waals surface area contributed by atoms with Gasteiger partial charge in [0.15, 0.2) is 0 Å². The van der Waals surface area contributed by atoms with E-state index in [2.05, 4.69) is 10.4 Å². The van der Waals surface area contributed by atoms with Crippen molar-refractivity contribution in [2.45, 2.75) is 27.3 Å². The molecule has 7 nitrogen and oxygen atoms in total. The molecule has 0 aliphatic carbocycles. The first-order valence-corrected chi connectivity index (χ1v) is 7.09. The van der Waals surface area contributed by atoms with Crippen LogP contribution >= 0.6 is 0 Å². The third kappa shape index (κ3) is 2.83. The number of benzene rings is 1. The normalized spacial score (nSPS) is 10.5. The Balaban J connectivity index is 2.75. The predicted molar refractivity (Wildman–Crippen MR) is 82.5 cm³/mol. The second-order valence-electron chi connectivity index (χ2n) is 4.79. The maximum absolute atomic E-state index is 12.4. The number of hydrogen-bond acceptors (Lipinski definition) is 4. The van der Waals surface area contributed by atoms with Gasteiger partial charge in [-0.15, -0.1) is 0 Å². The van der Waals surface area contributed by atoms with Crippen LogP contribution in [0.25, 0.3) is 5.69 Å². The number of hydrogen-bond donors (Lipinski definition) is 1. The molecule has 22 heavy (non-hydrogen) atoms. The Morgan fingerprint density at radius 2 is 2.00 bits per heavy atom. The average Bonchev–Trinajstić information content (AvgIpc) is 2.48. The maximum Gasteiger partial charge on any atom is 0.352 e. The van der Waals surface area contributed by atoms with Gasteiger partial charge in [-0.3, -0.25) is 14.2 Å². The summed E-state index contributed by atoms with van der Waals surface area (Å²) in [5.41, 5.74) is -0.0731. The zero-order valence-electron chi connectivity index (χ0n) is 12.8. The van der Waals surface area contributed by atoms with Crippen LogP contribution in [-0.4, -0.2) is 26.8 Å². The maximum atomic E-state index is 12.4. The molecule has 2 aromatic rings. The molecular weight excluding hydrogens is 284 g/mol. The Bertz CT molecular complexity index is 820. The van der Waals surface area contributed by atoms with E-state index in [-0.39, 0.29) is 12.2 Å². The summed E-state index contributed by atoms with van der Waals surface area (Å²) in [6.07, 6.45) is 0. The second kappa shape index (κ2) is 6.38. The molecule has 1 aromatic heterocycles. The lowest BCUT2D eigenvalue weighted by Crippen LogP contribution is -2.45. The summed E-state index contributed by atoms with van der Waals surface area (Å²) >= 11 is 0. The van der Waals surface area contributed by atoms with Gasteiger partial charge in [0.25, 0.3) is 11.5 Å². The molecule has 0 saturated carbocycles. The number of amides is 1. The topological polar surface area (TPSA) is 86.0 Å². The van der Waals surface area contributed by atoms with E-state index in [1.807, 2.05) is 13.0 Å². The first-order valence-electron chi connectivity index (χ1n) is 7.09. The van der Waals surface area contributed by atoms with Gasteiger partial charge in [0.05, 0.1) is 5.69 Å². The van der Waals surface area contributed by atoms with Crippen LogP contribution in [0, 0.1) is 6.92 Å². The Morgan fingerprint density at radius 3 is 2.59 bits per heavy atom. The lowest BCUT2D eigenvalue weighted by atomic mass is 10.2. The van der Waals surface area contributed by atoms with Gasteiger partial charge in [0.2, 0.25) is 5.69 Å². The highest BCUT2D eigenvalue weighted by Gasteiger charge is 2.18. The van der Waals surface area contributed by atoms with Gasteiger partial charge in [-0.25, -0.2) is 4.79 Å². The fraction of sp³-hybridized carbons (Fsp3) is 0.333. The van der Waals surface area contributed by atoms with Gasteiger partial charge < -0.3 is 5.32 Å². The van der Waals surface area contributed by atoms with Crippen LogP contribution in [0.2, 0.25) is 0 Å². The van der Waals surface area contributed by atoms with Crippen molar-refractivity contribution in [2.24, 2.45) is 0 Å². The summed E-state index contributed by atoms with van der Waals surface area (Å²) in [7, 11) is 0. The molecule has 1 amide bonds. The molecule has 0 spiro atoms. The number of aryl methyl sites for hydroxylation is 1. The highest BCUT2D eigenvalue weighted by Crippen LogP contribution is 2.06. The minimum absolute atomic E-state index is 0.165. The van der Waals surface area contributed by atoms with Gasteiger partial charge in [0.1, 0.15) is 0 Å². The third-order valence-electron chi connectivity index (χ3n) is 3.17. The molecule has 7 heteroatoms. The van der Waals surface area contributed by atoms with E-state index < -0.39 is 17.2 Å². The largest absolute Gasteiger partial charge is 0.352 e. The zero-order chi connectivity index (χ0) is 16.3. The van der Waals surface area contributed by atoms with E-state index in [0.717, 1.165) is 14.8 Å². The Hall–Kier alpha value is -2.70. The van der Waals surface area contributed by atoms with Crippen molar-refractivity contribution in [1.29, 1.82) is 0 Å². The van der Waals surface area contributed by atoms with Crippen molar-refractivity contribution in [2.75, 3.05) is 6.54 Å². The average molecular weight is 302 g/mol. The van der Waals surface area contributed by atoms with Crippen molar-refractivity contribution in [3.05, 3.63) is 56.4 Å². The molecule has 0 aliphatic rings. The molecule has 1 aromatic carbocycles. The van der Waals surface area contributed by atoms with Crippen LogP contribution in [-0.2, 0) is 6.54 Å². The summed E-state index contributed by atoms with van der Waals surface area (Å²) in [6, 6.07) is 7.13. The van der Waals surface area contributed by atoms with E-state index in [4.69, 9.17) is 0 Å². The van der Waals surface area contributed by atoms with Gasteiger partial charge in [-0.2, -0.15) is 9.78 Å². The van der Waals surface area contributed by atoms with Crippen molar-refractivity contribution in [3.63, 3.8) is 0 Å². The van der Waals surface area contributed by atoms with Crippen molar-refractivity contribution >= 4 is 5.91 Å². The molecule has 0 aliphatic heterocycles. The van der Waals surface area contributed by atoms with Crippen LogP contribution in [0.3, 0.4) is 0 Å². The summed E-state index contributed by atoms with van der Waals surface area (Å²) in [4.78, 5) is 36.6. The molecule has 0 fully saturated rings. The fourth-order valence-corrected chi connectivity index (χ4v) is 2.11. The number of nitrogens with zero attached hydrogens (tertiary/aromatic N) is 3. The number of carbonyl (C=O) groups is 1.